The number of rotatable bonds is 6. The van der Waals surface area contributed by atoms with Crippen molar-refractivity contribution in [3.8, 4) is 5.75 Å². The fourth-order valence-corrected chi connectivity index (χ4v) is 1.99. The summed E-state index contributed by atoms with van der Waals surface area (Å²) in [4.78, 5) is 23.5. The Morgan fingerprint density at radius 1 is 0.958 bits per heavy atom. The fourth-order valence-electron chi connectivity index (χ4n) is 1.99. The summed E-state index contributed by atoms with van der Waals surface area (Å²) >= 11 is 0. The lowest BCUT2D eigenvalue weighted by molar-refractivity contribution is -0.115. The SMILES string of the molecule is COc1ccc(NC(=O)CNC(=O)NCc2ccc(C)cc2)cc1. The van der Waals surface area contributed by atoms with Gasteiger partial charge in [-0.3, -0.25) is 4.79 Å². The maximum absolute atomic E-state index is 11.8. The van der Waals surface area contributed by atoms with Gasteiger partial charge in [0.25, 0.3) is 0 Å². The standard InChI is InChI=1S/C18H21N3O3/c1-13-3-5-14(6-4-13)11-19-18(23)20-12-17(22)21-15-7-9-16(24-2)10-8-15/h3-10H,11-12H2,1-2H3,(H,21,22)(H2,19,20,23). The number of hydrogen-bond donors (Lipinski definition) is 3. The Labute approximate surface area is 141 Å². The number of amides is 3. The number of carbonyl (C=O) groups is 2. The lowest BCUT2D eigenvalue weighted by Crippen LogP contribution is -2.39. The molecule has 0 spiro atoms. The number of methoxy groups -OCH3 is 1. The highest BCUT2D eigenvalue weighted by atomic mass is 16.5. The predicted octanol–water partition coefficient (Wildman–Crippen LogP) is 2.44. The van der Waals surface area contributed by atoms with Crippen LogP contribution < -0.4 is 20.7 Å². The molecule has 6 nitrogen and oxygen atoms in total. The van der Waals surface area contributed by atoms with Gasteiger partial charge in [-0.15, -0.1) is 0 Å². The molecule has 0 fully saturated rings. The molecule has 6 heteroatoms. The number of anilines is 1. The van der Waals surface area contributed by atoms with Crippen molar-refractivity contribution in [3.63, 3.8) is 0 Å². The van der Waals surface area contributed by atoms with Crippen molar-refractivity contribution in [1.82, 2.24) is 10.6 Å². The molecule has 0 saturated heterocycles. The van der Waals surface area contributed by atoms with Crippen LogP contribution in [-0.4, -0.2) is 25.6 Å². The number of carbonyl (C=O) groups excluding carboxylic acids is 2. The van der Waals surface area contributed by atoms with Gasteiger partial charge in [0.2, 0.25) is 5.91 Å². The Balaban J connectivity index is 1.70. The number of urea groups is 1. The average molecular weight is 327 g/mol. The molecule has 3 amide bonds. The number of hydrogen-bond acceptors (Lipinski definition) is 3. The molecule has 0 aliphatic carbocycles. The van der Waals surface area contributed by atoms with E-state index >= 15 is 0 Å². The molecule has 0 aliphatic heterocycles. The van der Waals surface area contributed by atoms with Gasteiger partial charge in [0, 0.05) is 12.2 Å². The van der Waals surface area contributed by atoms with E-state index in [2.05, 4.69) is 16.0 Å². The van der Waals surface area contributed by atoms with Gasteiger partial charge in [-0.2, -0.15) is 0 Å². The predicted molar refractivity (Wildman–Crippen MR) is 93.0 cm³/mol. The van der Waals surface area contributed by atoms with Gasteiger partial charge < -0.3 is 20.7 Å². The molecule has 0 aromatic heterocycles. The van der Waals surface area contributed by atoms with Crippen molar-refractivity contribution < 1.29 is 14.3 Å². The van der Waals surface area contributed by atoms with Crippen molar-refractivity contribution in [2.75, 3.05) is 19.0 Å². The molecule has 0 bridgehead atoms. The van der Waals surface area contributed by atoms with E-state index in [0.29, 0.717) is 18.0 Å². The van der Waals surface area contributed by atoms with Gasteiger partial charge in [-0.05, 0) is 36.8 Å². The highest BCUT2D eigenvalue weighted by Crippen LogP contribution is 2.14. The summed E-state index contributed by atoms with van der Waals surface area (Å²) in [6, 6.07) is 14.4. The van der Waals surface area contributed by atoms with Gasteiger partial charge in [-0.25, -0.2) is 4.79 Å². The van der Waals surface area contributed by atoms with Crippen LogP contribution in [0.4, 0.5) is 10.5 Å². The van der Waals surface area contributed by atoms with Gasteiger partial charge >= 0.3 is 6.03 Å². The van der Waals surface area contributed by atoms with E-state index in [1.165, 1.54) is 5.56 Å². The first-order valence-electron chi connectivity index (χ1n) is 7.58. The number of ether oxygens (including phenoxy) is 1. The zero-order chi connectivity index (χ0) is 17.4. The quantitative estimate of drug-likeness (QED) is 0.762. The Bertz CT molecular complexity index is 682. The molecule has 0 saturated carbocycles. The summed E-state index contributed by atoms with van der Waals surface area (Å²) < 4.78 is 5.05. The van der Waals surface area contributed by atoms with Crippen molar-refractivity contribution >= 4 is 17.6 Å². The Morgan fingerprint density at radius 3 is 2.25 bits per heavy atom. The van der Waals surface area contributed by atoms with Crippen molar-refractivity contribution in [1.29, 1.82) is 0 Å². The summed E-state index contributed by atoms with van der Waals surface area (Å²) in [7, 11) is 1.58. The third-order valence-corrected chi connectivity index (χ3v) is 3.36. The van der Waals surface area contributed by atoms with E-state index in [1.54, 1.807) is 31.4 Å². The highest BCUT2D eigenvalue weighted by molar-refractivity contribution is 5.94. The molecule has 0 atom stereocenters. The molecule has 0 aliphatic rings. The molecule has 0 heterocycles. The van der Waals surface area contributed by atoms with Crippen LogP contribution in [0.2, 0.25) is 0 Å². The van der Waals surface area contributed by atoms with Crippen LogP contribution in [0, 0.1) is 6.92 Å². The van der Waals surface area contributed by atoms with Crippen molar-refractivity contribution in [2.24, 2.45) is 0 Å². The molecule has 24 heavy (non-hydrogen) atoms. The second kappa shape index (κ2) is 8.57. The maximum atomic E-state index is 11.8. The van der Waals surface area contributed by atoms with E-state index in [4.69, 9.17) is 4.74 Å². The minimum absolute atomic E-state index is 0.105. The molecule has 126 valence electrons. The van der Waals surface area contributed by atoms with Crippen LogP contribution in [0.15, 0.2) is 48.5 Å². The van der Waals surface area contributed by atoms with Crippen molar-refractivity contribution in [3.05, 3.63) is 59.7 Å². The smallest absolute Gasteiger partial charge is 0.315 e. The second-order valence-electron chi connectivity index (χ2n) is 5.30. The molecule has 0 radical (unpaired) electrons. The molecule has 0 unspecified atom stereocenters. The fraction of sp³-hybridized carbons (Fsp3) is 0.222. The number of benzene rings is 2. The lowest BCUT2D eigenvalue weighted by atomic mass is 10.1. The van der Waals surface area contributed by atoms with E-state index < -0.39 is 0 Å². The number of aryl methyl sites for hydroxylation is 1. The summed E-state index contributed by atoms with van der Waals surface area (Å²) in [6.07, 6.45) is 0. The second-order valence-corrected chi connectivity index (χ2v) is 5.30. The largest absolute Gasteiger partial charge is 0.497 e. The van der Waals surface area contributed by atoms with E-state index in [-0.39, 0.29) is 18.5 Å². The molecule has 2 aromatic carbocycles. The van der Waals surface area contributed by atoms with Crippen LogP contribution in [0.5, 0.6) is 5.75 Å². The molecule has 3 N–H and O–H groups in total. The summed E-state index contributed by atoms with van der Waals surface area (Å²) in [6.45, 7) is 2.31. The third-order valence-electron chi connectivity index (χ3n) is 3.36. The number of nitrogens with one attached hydrogen (secondary N) is 3. The third kappa shape index (κ3) is 5.64. The summed E-state index contributed by atoms with van der Waals surface area (Å²) in [5, 5.41) is 7.92. The van der Waals surface area contributed by atoms with Gasteiger partial charge in [0.05, 0.1) is 13.7 Å². The topological polar surface area (TPSA) is 79.5 Å². The lowest BCUT2D eigenvalue weighted by Gasteiger charge is -2.09. The Kier molecular flexibility index (Phi) is 6.19. The van der Waals surface area contributed by atoms with Crippen LogP contribution >= 0.6 is 0 Å². The molecule has 2 rings (SSSR count). The Hall–Kier alpha value is -3.02. The van der Waals surface area contributed by atoms with E-state index in [1.807, 2.05) is 31.2 Å². The Morgan fingerprint density at radius 2 is 1.62 bits per heavy atom. The van der Waals surface area contributed by atoms with Crippen LogP contribution in [0.25, 0.3) is 0 Å². The van der Waals surface area contributed by atoms with Gasteiger partial charge in [0.1, 0.15) is 5.75 Å². The van der Waals surface area contributed by atoms with E-state index in [9.17, 15) is 9.59 Å². The molecular weight excluding hydrogens is 306 g/mol. The van der Waals surface area contributed by atoms with Crippen LogP contribution in [0.1, 0.15) is 11.1 Å². The first-order chi connectivity index (χ1) is 11.6. The first kappa shape index (κ1) is 17.3. The van der Waals surface area contributed by atoms with Crippen LogP contribution in [0.3, 0.4) is 0 Å². The van der Waals surface area contributed by atoms with E-state index in [0.717, 1.165) is 5.56 Å². The maximum Gasteiger partial charge on any atom is 0.315 e. The zero-order valence-corrected chi connectivity index (χ0v) is 13.8. The monoisotopic (exact) mass is 327 g/mol. The normalized spacial score (nSPS) is 9.92. The van der Waals surface area contributed by atoms with Gasteiger partial charge in [-0.1, -0.05) is 29.8 Å². The summed E-state index contributed by atoms with van der Waals surface area (Å²) in [5.41, 5.74) is 2.81. The van der Waals surface area contributed by atoms with Gasteiger partial charge in [0.15, 0.2) is 0 Å². The minimum atomic E-state index is -0.388. The van der Waals surface area contributed by atoms with Crippen molar-refractivity contribution in [2.45, 2.75) is 13.5 Å². The minimum Gasteiger partial charge on any atom is -0.497 e. The highest BCUT2D eigenvalue weighted by Gasteiger charge is 2.06. The average Bonchev–Trinajstić information content (AvgIpc) is 2.60. The van der Waals surface area contributed by atoms with Crippen LogP contribution in [-0.2, 0) is 11.3 Å². The summed E-state index contributed by atoms with van der Waals surface area (Å²) in [5.74, 6) is 0.410. The first-order valence-corrected chi connectivity index (χ1v) is 7.58. The molecular formula is C18H21N3O3. The zero-order valence-electron chi connectivity index (χ0n) is 13.8. The molecule has 2 aromatic rings.